The van der Waals surface area contributed by atoms with Crippen LogP contribution >= 0.6 is 11.8 Å². The van der Waals surface area contributed by atoms with Crippen LogP contribution in [0.15, 0.2) is 24.3 Å². The van der Waals surface area contributed by atoms with Crippen LogP contribution < -0.4 is 4.74 Å². The van der Waals surface area contributed by atoms with E-state index < -0.39 is 0 Å². The summed E-state index contributed by atoms with van der Waals surface area (Å²) in [6.07, 6.45) is 4.04. The Morgan fingerprint density at radius 2 is 2.12 bits per heavy atom. The average Bonchev–Trinajstić information content (AvgIpc) is 2.34. The summed E-state index contributed by atoms with van der Waals surface area (Å²) < 4.78 is 5.31. The molecule has 0 saturated heterocycles. The van der Waals surface area contributed by atoms with Gasteiger partial charge in [-0.15, -0.1) is 0 Å². The molecular weight excluding hydrogens is 220 g/mol. The molecule has 0 aliphatic heterocycles. The monoisotopic (exact) mass is 240 g/mol. The Kier molecular flexibility index (Phi) is 6.34. The van der Waals surface area contributed by atoms with Crippen molar-refractivity contribution < 1.29 is 9.84 Å². The molecule has 16 heavy (non-hydrogen) atoms. The van der Waals surface area contributed by atoms with Gasteiger partial charge in [0.1, 0.15) is 5.75 Å². The van der Waals surface area contributed by atoms with Gasteiger partial charge in [0.15, 0.2) is 0 Å². The van der Waals surface area contributed by atoms with Crippen molar-refractivity contribution >= 4 is 11.8 Å². The van der Waals surface area contributed by atoms with Crippen LogP contribution in [0.4, 0.5) is 0 Å². The molecule has 1 aromatic rings. The second-order valence-corrected chi connectivity index (χ2v) is 4.83. The van der Waals surface area contributed by atoms with Gasteiger partial charge in [0.2, 0.25) is 0 Å². The molecule has 3 heteroatoms. The third-order valence-corrected chi connectivity index (χ3v) is 3.33. The number of hydrogen-bond donors (Lipinski definition) is 1. The molecule has 0 heterocycles. The Morgan fingerprint density at radius 3 is 2.75 bits per heavy atom. The van der Waals surface area contributed by atoms with E-state index in [1.165, 1.54) is 5.56 Å². The van der Waals surface area contributed by atoms with Gasteiger partial charge in [0, 0.05) is 6.61 Å². The number of para-hydroxylation sites is 1. The predicted octanol–water partition coefficient (Wildman–Crippen LogP) is 2.60. The zero-order valence-corrected chi connectivity index (χ0v) is 10.8. The van der Waals surface area contributed by atoms with Crippen LogP contribution in [-0.4, -0.2) is 30.8 Å². The van der Waals surface area contributed by atoms with E-state index in [0.717, 1.165) is 24.3 Å². The number of hydrogen-bond acceptors (Lipinski definition) is 3. The highest BCUT2D eigenvalue weighted by Crippen LogP contribution is 2.22. The van der Waals surface area contributed by atoms with Crippen LogP contribution in [0.25, 0.3) is 0 Å². The predicted molar refractivity (Wildman–Crippen MR) is 70.3 cm³/mol. The average molecular weight is 240 g/mol. The maximum atomic E-state index is 9.33. The molecule has 0 aliphatic rings. The SMILES string of the molecule is COc1ccccc1CC(CO)CCSC. The normalized spacial score (nSPS) is 12.4. The first kappa shape index (κ1) is 13.4. The topological polar surface area (TPSA) is 29.5 Å². The van der Waals surface area contributed by atoms with Gasteiger partial charge in [-0.1, -0.05) is 18.2 Å². The summed E-state index contributed by atoms with van der Waals surface area (Å²) in [7, 11) is 1.69. The molecule has 0 aliphatic carbocycles. The standard InChI is InChI=1S/C13H20O2S/c1-15-13-6-4-3-5-12(13)9-11(10-14)7-8-16-2/h3-6,11,14H,7-10H2,1-2H3. The number of methoxy groups -OCH3 is 1. The van der Waals surface area contributed by atoms with Gasteiger partial charge in [0.25, 0.3) is 0 Å². The van der Waals surface area contributed by atoms with Crippen molar-refractivity contribution in [3.8, 4) is 5.75 Å². The number of aliphatic hydroxyl groups excluding tert-OH is 1. The first-order valence-corrected chi connectivity index (χ1v) is 6.93. The summed E-state index contributed by atoms with van der Waals surface area (Å²) >= 11 is 1.82. The van der Waals surface area contributed by atoms with Crippen LogP contribution in [0.5, 0.6) is 5.75 Å². The molecule has 1 aromatic carbocycles. The highest BCUT2D eigenvalue weighted by Gasteiger charge is 2.11. The van der Waals surface area contributed by atoms with Crippen LogP contribution in [0.3, 0.4) is 0 Å². The third-order valence-electron chi connectivity index (χ3n) is 2.69. The van der Waals surface area contributed by atoms with Crippen molar-refractivity contribution in [1.82, 2.24) is 0 Å². The molecule has 0 amide bonds. The molecule has 1 atom stereocenters. The maximum Gasteiger partial charge on any atom is 0.122 e. The van der Waals surface area contributed by atoms with Crippen LogP contribution in [0.1, 0.15) is 12.0 Å². The lowest BCUT2D eigenvalue weighted by Gasteiger charge is -2.15. The smallest absolute Gasteiger partial charge is 0.122 e. The van der Waals surface area contributed by atoms with E-state index in [2.05, 4.69) is 12.3 Å². The van der Waals surface area contributed by atoms with E-state index in [1.807, 2.05) is 30.0 Å². The lowest BCUT2D eigenvalue weighted by atomic mass is 9.97. The van der Waals surface area contributed by atoms with Gasteiger partial charge >= 0.3 is 0 Å². The molecule has 2 nitrogen and oxygen atoms in total. The number of benzene rings is 1. The van der Waals surface area contributed by atoms with E-state index in [-0.39, 0.29) is 6.61 Å². The molecule has 0 fully saturated rings. The fourth-order valence-electron chi connectivity index (χ4n) is 1.73. The van der Waals surface area contributed by atoms with Crippen molar-refractivity contribution in [3.63, 3.8) is 0 Å². The third kappa shape index (κ3) is 4.06. The zero-order chi connectivity index (χ0) is 11.8. The van der Waals surface area contributed by atoms with E-state index in [0.29, 0.717) is 5.92 Å². The molecule has 0 radical (unpaired) electrons. The van der Waals surface area contributed by atoms with Gasteiger partial charge in [-0.3, -0.25) is 0 Å². The Morgan fingerprint density at radius 1 is 1.38 bits per heavy atom. The van der Waals surface area contributed by atoms with Crippen molar-refractivity contribution in [3.05, 3.63) is 29.8 Å². The van der Waals surface area contributed by atoms with Gasteiger partial charge in [-0.25, -0.2) is 0 Å². The summed E-state index contributed by atoms with van der Waals surface area (Å²) in [6.45, 7) is 0.249. The molecule has 0 bridgehead atoms. The van der Waals surface area contributed by atoms with Crippen LogP contribution in [-0.2, 0) is 6.42 Å². The fourth-order valence-corrected chi connectivity index (χ4v) is 2.29. The van der Waals surface area contributed by atoms with Crippen LogP contribution in [0, 0.1) is 5.92 Å². The van der Waals surface area contributed by atoms with Gasteiger partial charge in [0.05, 0.1) is 7.11 Å². The minimum atomic E-state index is 0.249. The van der Waals surface area contributed by atoms with Crippen molar-refractivity contribution in [1.29, 1.82) is 0 Å². The largest absolute Gasteiger partial charge is 0.496 e. The molecular formula is C13H20O2S. The molecule has 1 N–H and O–H groups in total. The molecule has 90 valence electrons. The number of ether oxygens (including phenoxy) is 1. The van der Waals surface area contributed by atoms with Gasteiger partial charge in [-0.05, 0) is 42.4 Å². The van der Waals surface area contributed by atoms with Crippen molar-refractivity contribution in [2.45, 2.75) is 12.8 Å². The first-order valence-electron chi connectivity index (χ1n) is 5.53. The maximum absolute atomic E-state index is 9.33. The Hall–Kier alpha value is -0.670. The fraction of sp³-hybridized carbons (Fsp3) is 0.538. The summed E-state index contributed by atoms with van der Waals surface area (Å²) in [4.78, 5) is 0. The number of thioether (sulfide) groups is 1. The van der Waals surface area contributed by atoms with Gasteiger partial charge < -0.3 is 9.84 Å². The second-order valence-electron chi connectivity index (χ2n) is 3.85. The van der Waals surface area contributed by atoms with E-state index in [1.54, 1.807) is 7.11 Å². The number of rotatable bonds is 7. The van der Waals surface area contributed by atoms with Gasteiger partial charge in [-0.2, -0.15) is 11.8 Å². The minimum absolute atomic E-state index is 0.249. The zero-order valence-electron chi connectivity index (χ0n) is 9.98. The summed E-state index contributed by atoms with van der Waals surface area (Å²) in [6, 6.07) is 8.03. The molecule has 1 unspecified atom stereocenters. The Bertz CT molecular complexity index is 302. The molecule has 0 aromatic heterocycles. The molecule has 0 saturated carbocycles. The second kappa shape index (κ2) is 7.58. The van der Waals surface area contributed by atoms with E-state index in [9.17, 15) is 5.11 Å². The highest BCUT2D eigenvalue weighted by atomic mass is 32.2. The van der Waals surface area contributed by atoms with E-state index >= 15 is 0 Å². The van der Waals surface area contributed by atoms with Crippen LogP contribution in [0.2, 0.25) is 0 Å². The summed E-state index contributed by atoms with van der Waals surface area (Å²) in [5.41, 5.74) is 1.19. The van der Waals surface area contributed by atoms with Crippen molar-refractivity contribution in [2.24, 2.45) is 5.92 Å². The summed E-state index contributed by atoms with van der Waals surface area (Å²) in [5.74, 6) is 2.36. The summed E-state index contributed by atoms with van der Waals surface area (Å²) in [5, 5.41) is 9.33. The van der Waals surface area contributed by atoms with Crippen molar-refractivity contribution in [2.75, 3.05) is 25.7 Å². The number of aliphatic hydroxyl groups is 1. The molecule has 1 rings (SSSR count). The first-order chi connectivity index (χ1) is 7.81. The lowest BCUT2D eigenvalue weighted by Crippen LogP contribution is -2.11. The highest BCUT2D eigenvalue weighted by molar-refractivity contribution is 7.98. The molecule has 0 spiro atoms. The quantitative estimate of drug-likeness (QED) is 0.794. The Balaban J connectivity index is 2.62. The van der Waals surface area contributed by atoms with E-state index in [4.69, 9.17) is 4.74 Å². The lowest BCUT2D eigenvalue weighted by molar-refractivity contribution is 0.222. The minimum Gasteiger partial charge on any atom is -0.496 e. The Labute approximate surface area is 102 Å².